The molecule has 1 saturated heterocycles. The third-order valence-electron chi connectivity index (χ3n) is 5.81. The van der Waals surface area contributed by atoms with E-state index in [1.807, 2.05) is 19.9 Å². The van der Waals surface area contributed by atoms with Crippen LogP contribution in [0.15, 0.2) is 52.5 Å². The Balaban J connectivity index is 1.56. The van der Waals surface area contributed by atoms with Crippen molar-refractivity contribution in [1.29, 1.82) is 0 Å². The number of hydrogen-bond acceptors (Lipinski definition) is 7. The average Bonchev–Trinajstić information content (AvgIpc) is 3.27. The lowest BCUT2D eigenvalue weighted by atomic mass is 10.1. The largest absolute Gasteiger partial charge is 0.446 e. The zero-order valence-electron chi connectivity index (χ0n) is 19.1. The molecular formula is C23H23F3N6O2S. The summed E-state index contributed by atoms with van der Waals surface area (Å²) < 4.78 is 47.6. The Hall–Kier alpha value is -2.96. The summed E-state index contributed by atoms with van der Waals surface area (Å²) in [6, 6.07) is 8.07. The molecule has 0 amide bonds. The average molecular weight is 505 g/mol. The fourth-order valence-corrected chi connectivity index (χ4v) is 5.24. The van der Waals surface area contributed by atoms with E-state index in [-0.39, 0.29) is 35.4 Å². The maximum Gasteiger partial charge on any atom is 0.446 e. The van der Waals surface area contributed by atoms with E-state index in [9.17, 15) is 18.0 Å². The Labute approximate surface area is 202 Å². The summed E-state index contributed by atoms with van der Waals surface area (Å²) >= 11 is -0.201. The molecule has 1 aliphatic heterocycles. The number of hydrogen-bond donors (Lipinski definition) is 0. The van der Waals surface area contributed by atoms with Crippen LogP contribution in [0.5, 0.6) is 0 Å². The number of fused-ring (bicyclic) bond motifs is 3. The molecule has 0 radical (unpaired) electrons. The quantitative estimate of drug-likeness (QED) is 0.384. The fourth-order valence-electron chi connectivity index (χ4n) is 4.58. The standard InChI is InChI=1S/C23H23F3N6O2S/c1-14-9-30(10-15(2)34-14)11-16-7-18-20(27-8-16)31(22(33)32-21(18)28-13-29-32)12-17-5-3-4-6-19(17)35-23(24,25)26/h3-8,13-15H,9-12H2,1-2H3/t14-,15+. The number of morpholine rings is 1. The van der Waals surface area contributed by atoms with Crippen LogP contribution in [-0.2, 0) is 17.8 Å². The molecule has 0 spiro atoms. The molecule has 0 saturated carbocycles. The summed E-state index contributed by atoms with van der Waals surface area (Å²) in [5.41, 5.74) is -2.97. The molecule has 1 aromatic carbocycles. The van der Waals surface area contributed by atoms with Crippen LogP contribution in [0.1, 0.15) is 25.0 Å². The molecule has 8 nitrogen and oxygen atoms in total. The molecule has 0 aliphatic carbocycles. The maximum absolute atomic E-state index is 13.2. The Morgan fingerprint density at radius 3 is 2.57 bits per heavy atom. The van der Waals surface area contributed by atoms with E-state index in [2.05, 4.69) is 20.0 Å². The molecule has 184 valence electrons. The fraction of sp³-hybridized carbons (Fsp3) is 0.391. The van der Waals surface area contributed by atoms with Gasteiger partial charge in [-0.3, -0.25) is 9.47 Å². The summed E-state index contributed by atoms with van der Waals surface area (Å²) in [4.78, 5) is 24.3. The van der Waals surface area contributed by atoms with Crippen LogP contribution >= 0.6 is 11.8 Å². The molecule has 3 aromatic heterocycles. The molecule has 0 unspecified atom stereocenters. The van der Waals surface area contributed by atoms with Crippen molar-refractivity contribution >= 4 is 28.4 Å². The molecule has 4 heterocycles. The second-order valence-corrected chi connectivity index (χ2v) is 9.79. The third kappa shape index (κ3) is 5.04. The highest BCUT2D eigenvalue weighted by Crippen LogP contribution is 2.38. The molecule has 1 aliphatic rings. The van der Waals surface area contributed by atoms with Gasteiger partial charge in [-0.15, -0.1) is 0 Å². The first kappa shape index (κ1) is 23.8. The van der Waals surface area contributed by atoms with Gasteiger partial charge in [0.15, 0.2) is 5.65 Å². The van der Waals surface area contributed by atoms with E-state index < -0.39 is 11.2 Å². The summed E-state index contributed by atoms with van der Waals surface area (Å²) in [7, 11) is 0. The van der Waals surface area contributed by atoms with Crippen molar-refractivity contribution in [3.8, 4) is 0 Å². The van der Waals surface area contributed by atoms with Crippen LogP contribution in [-0.4, -0.2) is 59.9 Å². The van der Waals surface area contributed by atoms with Gasteiger partial charge in [-0.2, -0.15) is 22.8 Å². The van der Waals surface area contributed by atoms with Crippen LogP contribution < -0.4 is 5.69 Å². The molecular weight excluding hydrogens is 481 g/mol. The van der Waals surface area contributed by atoms with Gasteiger partial charge in [-0.25, -0.2) is 14.8 Å². The lowest BCUT2D eigenvalue weighted by Gasteiger charge is -2.35. The van der Waals surface area contributed by atoms with Gasteiger partial charge >= 0.3 is 11.2 Å². The number of alkyl halides is 3. The van der Waals surface area contributed by atoms with Crippen molar-refractivity contribution in [3.63, 3.8) is 0 Å². The minimum atomic E-state index is -4.44. The number of nitrogens with zero attached hydrogens (tertiary/aromatic N) is 6. The predicted octanol–water partition coefficient (Wildman–Crippen LogP) is 3.71. The monoisotopic (exact) mass is 504 g/mol. The lowest BCUT2D eigenvalue weighted by Crippen LogP contribution is -2.44. The Kier molecular flexibility index (Phi) is 6.28. The van der Waals surface area contributed by atoms with E-state index in [0.29, 0.717) is 28.8 Å². The molecule has 0 bridgehead atoms. The smallest absolute Gasteiger partial charge is 0.373 e. The van der Waals surface area contributed by atoms with E-state index in [1.165, 1.54) is 23.0 Å². The molecule has 5 rings (SSSR count). The number of rotatable bonds is 5. The second-order valence-electron chi connectivity index (χ2n) is 8.69. The molecule has 35 heavy (non-hydrogen) atoms. The van der Waals surface area contributed by atoms with Crippen molar-refractivity contribution in [2.45, 2.75) is 49.5 Å². The molecule has 12 heteroatoms. The molecule has 2 atom stereocenters. The number of aromatic nitrogens is 5. The molecule has 4 aromatic rings. The van der Waals surface area contributed by atoms with Crippen molar-refractivity contribution in [2.24, 2.45) is 0 Å². The highest BCUT2D eigenvalue weighted by Gasteiger charge is 2.30. The number of ether oxygens (including phenoxy) is 1. The van der Waals surface area contributed by atoms with Gasteiger partial charge in [0.2, 0.25) is 0 Å². The zero-order valence-corrected chi connectivity index (χ0v) is 19.9. The third-order valence-corrected chi connectivity index (χ3v) is 6.66. The lowest BCUT2D eigenvalue weighted by molar-refractivity contribution is -0.0705. The summed E-state index contributed by atoms with van der Waals surface area (Å²) in [5.74, 6) is 0. The van der Waals surface area contributed by atoms with Gasteiger partial charge in [0, 0.05) is 30.7 Å². The Morgan fingerprint density at radius 1 is 1.09 bits per heavy atom. The van der Waals surface area contributed by atoms with Crippen molar-refractivity contribution in [2.75, 3.05) is 13.1 Å². The zero-order chi connectivity index (χ0) is 24.7. The first-order chi connectivity index (χ1) is 16.7. The van der Waals surface area contributed by atoms with Crippen LogP contribution in [0.4, 0.5) is 13.2 Å². The molecule has 0 N–H and O–H groups in total. The van der Waals surface area contributed by atoms with Gasteiger partial charge in [-0.05, 0) is 48.9 Å². The van der Waals surface area contributed by atoms with Gasteiger partial charge in [0.1, 0.15) is 12.0 Å². The van der Waals surface area contributed by atoms with Gasteiger partial charge < -0.3 is 4.74 Å². The minimum absolute atomic E-state index is 0.0333. The topological polar surface area (TPSA) is 77.6 Å². The van der Waals surface area contributed by atoms with Crippen molar-refractivity contribution in [1.82, 2.24) is 29.0 Å². The highest BCUT2D eigenvalue weighted by atomic mass is 32.2. The normalized spacial score (nSPS) is 19.6. The van der Waals surface area contributed by atoms with Crippen LogP contribution in [0.25, 0.3) is 16.7 Å². The van der Waals surface area contributed by atoms with E-state index >= 15 is 0 Å². The van der Waals surface area contributed by atoms with Crippen LogP contribution in [0.3, 0.4) is 0 Å². The SMILES string of the molecule is C[C@@H]1CN(Cc2cnc3c(c2)c2ncnn2c(=O)n3Cc2ccccc2SC(F)(F)F)C[C@H](C)O1. The molecule has 1 fully saturated rings. The predicted molar refractivity (Wildman–Crippen MR) is 125 cm³/mol. The van der Waals surface area contributed by atoms with Gasteiger partial charge in [0.05, 0.1) is 24.1 Å². The minimum Gasteiger partial charge on any atom is -0.373 e. The Bertz CT molecular complexity index is 1430. The van der Waals surface area contributed by atoms with Crippen LogP contribution in [0.2, 0.25) is 0 Å². The first-order valence-corrected chi connectivity index (χ1v) is 11.9. The number of halogens is 3. The van der Waals surface area contributed by atoms with Crippen molar-refractivity contribution in [3.05, 3.63) is 64.5 Å². The summed E-state index contributed by atoms with van der Waals surface area (Å²) in [6.07, 6.45) is 3.23. The van der Waals surface area contributed by atoms with Crippen molar-refractivity contribution < 1.29 is 17.9 Å². The van der Waals surface area contributed by atoms with Gasteiger partial charge in [0.25, 0.3) is 0 Å². The van der Waals surface area contributed by atoms with E-state index in [1.54, 1.807) is 18.3 Å². The second kappa shape index (κ2) is 9.25. The summed E-state index contributed by atoms with van der Waals surface area (Å²) in [5, 5.41) is 4.66. The highest BCUT2D eigenvalue weighted by molar-refractivity contribution is 8.00. The maximum atomic E-state index is 13.2. The number of thioether (sulfide) groups is 1. The number of pyridine rings is 1. The van der Waals surface area contributed by atoms with E-state index in [4.69, 9.17) is 4.74 Å². The van der Waals surface area contributed by atoms with E-state index in [0.717, 1.165) is 23.2 Å². The summed E-state index contributed by atoms with van der Waals surface area (Å²) in [6.45, 7) is 6.20. The van der Waals surface area contributed by atoms with Crippen LogP contribution in [0, 0.1) is 0 Å². The van der Waals surface area contributed by atoms with Gasteiger partial charge in [-0.1, -0.05) is 18.2 Å². The first-order valence-electron chi connectivity index (χ1n) is 11.1. The number of benzene rings is 1. The Morgan fingerprint density at radius 2 is 1.83 bits per heavy atom.